The summed E-state index contributed by atoms with van der Waals surface area (Å²) in [4.78, 5) is 16.9. The van der Waals surface area contributed by atoms with E-state index in [1.54, 1.807) is 0 Å². The zero-order valence-electron chi connectivity index (χ0n) is 7.25. The van der Waals surface area contributed by atoms with Crippen LogP contribution in [0.15, 0.2) is 0 Å². The minimum absolute atomic E-state index is 0. The normalized spacial score (nSPS) is 5.50. The van der Waals surface area contributed by atoms with Crippen LogP contribution in [0.1, 0.15) is 26.2 Å². The topological polar surface area (TPSA) is 86.2 Å². The van der Waals surface area contributed by atoms with Gasteiger partial charge in [-0.3, -0.25) is 0 Å². The molecule has 73 valence electrons. The van der Waals surface area contributed by atoms with Crippen molar-refractivity contribution in [2.24, 2.45) is 11.5 Å². The van der Waals surface area contributed by atoms with E-state index in [9.17, 15) is 0 Å². The fourth-order valence-corrected chi connectivity index (χ4v) is 0.250. The predicted octanol–water partition coefficient (Wildman–Crippen LogP) is 0.0328. The van der Waals surface area contributed by atoms with Crippen molar-refractivity contribution in [3.63, 3.8) is 0 Å². The third-order valence-electron chi connectivity index (χ3n) is 0.604. The predicted molar refractivity (Wildman–Crippen MR) is 44.6 cm³/mol. The van der Waals surface area contributed by atoms with Gasteiger partial charge in [0, 0.05) is 22.4 Å². The quantitative estimate of drug-likeness (QED) is 0.549. The number of carbonyl (C=O) groups excluding carboxylic acids is 2. The number of unbranched alkanes of at least 4 members (excludes halogenated alkanes) is 2. The van der Waals surface area contributed by atoms with Gasteiger partial charge in [0.15, 0.2) is 0 Å². The second kappa shape index (κ2) is 45.7. The molecule has 0 aliphatic carbocycles. The average molecular weight is 340 g/mol. The summed E-state index contributed by atoms with van der Waals surface area (Å²) in [5.41, 5.74) is 8.08. The third-order valence-corrected chi connectivity index (χ3v) is 0.604. The standard InChI is InChI=1S/C5H11.2CH2NO.Ta/c1-3-5-4-2;2*2-1-3;/h1,3-5H2,2H3;2*(H2,2,3);/q3*-1;. The molecule has 0 aromatic rings. The number of rotatable bonds is 2. The Kier molecular flexibility index (Phi) is 86.0. The molecule has 2 amide bonds. The molecule has 5 heteroatoms. The van der Waals surface area contributed by atoms with Crippen molar-refractivity contribution in [3.8, 4) is 0 Å². The molecule has 12 heavy (non-hydrogen) atoms. The van der Waals surface area contributed by atoms with E-state index in [0.29, 0.717) is 0 Å². The van der Waals surface area contributed by atoms with Crippen LogP contribution < -0.4 is 11.5 Å². The Bertz CT molecular complexity index is 64.4. The molecule has 0 saturated heterocycles. The van der Waals surface area contributed by atoms with Crippen LogP contribution in [-0.4, -0.2) is 12.8 Å². The Morgan fingerprint density at radius 2 is 1.50 bits per heavy atom. The molecular formula is C7H15N2O2Ta-3. The van der Waals surface area contributed by atoms with Crippen molar-refractivity contribution in [2.45, 2.75) is 26.2 Å². The maximum absolute atomic E-state index is 8.46. The number of nitrogens with two attached hydrogens (primary N) is 2. The molecule has 0 bridgehead atoms. The molecule has 0 heterocycles. The summed E-state index contributed by atoms with van der Waals surface area (Å²) in [6.07, 6.45) is 5.65. The van der Waals surface area contributed by atoms with Gasteiger partial charge in [0.05, 0.1) is 0 Å². The van der Waals surface area contributed by atoms with Gasteiger partial charge in [0.2, 0.25) is 0 Å². The van der Waals surface area contributed by atoms with Crippen molar-refractivity contribution in [1.29, 1.82) is 0 Å². The fraction of sp³-hybridized carbons (Fsp3) is 0.571. The molecular weight excluding hydrogens is 325 g/mol. The maximum Gasteiger partial charge on any atom is 0 e. The van der Waals surface area contributed by atoms with Crippen LogP contribution in [-0.2, 0) is 32.0 Å². The van der Waals surface area contributed by atoms with Crippen molar-refractivity contribution >= 4 is 12.8 Å². The van der Waals surface area contributed by atoms with Gasteiger partial charge < -0.3 is 28.0 Å². The number of hydrogen-bond donors (Lipinski definition) is 2. The second-order valence-corrected chi connectivity index (χ2v) is 1.44. The SMILES string of the molecule is N[C-]=O.N[C-]=O.[CH2-]CCCC.[Ta]. The molecule has 4 nitrogen and oxygen atoms in total. The Morgan fingerprint density at radius 3 is 1.50 bits per heavy atom. The van der Waals surface area contributed by atoms with Crippen molar-refractivity contribution in [1.82, 2.24) is 0 Å². The van der Waals surface area contributed by atoms with Crippen molar-refractivity contribution < 1.29 is 32.0 Å². The summed E-state index contributed by atoms with van der Waals surface area (Å²) < 4.78 is 0. The van der Waals surface area contributed by atoms with Gasteiger partial charge in [-0.25, -0.2) is 0 Å². The van der Waals surface area contributed by atoms with Crippen LogP contribution in [0.4, 0.5) is 0 Å². The third kappa shape index (κ3) is 258. The van der Waals surface area contributed by atoms with E-state index in [1.807, 2.05) is 0 Å². The summed E-state index contributed by atoms with van der Waals surface area (Å²) in [5.74, 6) is 0. The van der Waals surface area contributed by atoms with Gasteiger partial charge in [-0.1, -0.05) is 19.8 Å². The minimum Gasteiger partial charge on any atom is -0.543 e. The zero-order valence-corrected chi connectivity index (χ0v) is 10.5. The zero-order chi connectivity index (χ0) is 9.54. The van der Waals surface area contributed by atoms with E-state index in [2.05, 4.69) is 25.3 Å². The van der Waals surface area contributed by atoms with Gasteiger partial charge >= 0.3 is 0 Å². The molecule has 0 fully saturated rings. The van der Waals surface area contributed by atoms with Crippen LogP contribution in [0.2, 0.25) is 0 Å². The first-order valence-electron chi connectivity index (χ1n) is 3.19. The summed E-state index contributed by atoms with van der Waals surface area (Å²) in [7, 11) is 0. The smallest absolute Gasteiger partial charge is 0 e. The number of amides is 2. The first-order valence-corrected chi connectivity index (χ1v) is 3.19. The second-order valence-electron chi connectivity index (χ2n) is 1.44. The van der Waals surface area contributed by atoms with Gasteiger partial charge in [-0.15, -0.1) is 0 Å². The van der Waals surface area contributed by atoms with E-state index in [1.165, 1.54) is 12.8 Å². The van der Waals surface area contributed by atoms with Crippen LogP contribution >= 0.6 is 0 Å². The van der Waals surface area contributed by atoms with Crippen LogP contribution in [0.3, 0.4) is 0 Å². The van der Waals surface area contributed by atoms with Gasteiger partial charge in [0.1, 0.15) is 0 Å². The monoisotopic (exact) mass is 340 g/mol. The summed E-state index contributed by atoms with van der Waals surface area (Å²) in [5, 5.41) is 0. The van der Waals surface area contributed by atoms with E-state index >= 15 is 0 Å². The largest absolute Gasteiger partial charge is 0.543 e. The average Bonchev–Trinajstić information content (AvgIpc) is 1.92. The van der Waals surface area contributed by atoms with Crippen LogP contribution in [0, 0.1) is 6.92 Å². The summed E-state index contributed by atoms with van der Waals surface area (Å²) in [6.45, 7) is 5.85. The molecule has 0 spiro atoms. The molecule has 4 N–H and O–H groups in total. The van der Waals surface area contributed by atoms with E-state index in [0.717, 1.165) is 19.2 Å². The molecule has 0 aromatic heterocycles. The first kappa shape index (κ1) is 22.6. The van der Waals surface area contributed by atoms with E-state index < -0.39 is 0 Å². The van der Waals surface area contributed by atoms with Crippen molar-refractivity contribution in [3.05, 3.63) is 6.92 Å². The summed E-state index contributed by atoms with van der Waals surface area (Å²) >= 11 is 0. The Labute approximate surface area is 89.6 Å². The molecule has 0 atom stereocenters. The van der Waals surface area contributed by atoms with Gasteiger partial charge in [-0.2, -0.15) is 19.2 Å². The molecule has 0 unspecified atom stereocenters. The van der Waals surface area contributed by atoms with Gasteiger partial charge in [0.25, 0.3) is 0 Å². The van der Waals surface area contributed by atoms with Crippen LogP contribution in [0.5, 0.6) is 0 Å². The molecule has 0 rings (SSSR count). The Morgan fingerprint density at radius 1 is 1.25 bits per heavy atom. The van der Waals surface area contributed by atoms with Gasteiger partial charge in [-0.05, 0) is 0 Å². The number of primary amides is 2. The fourth-order valence-electron chi connectivity index (χ4n) is 0.250. The Balaban J connectivity index is -0.0000000406. The van der Waals surface area contributed by atoms with E-state index in [-0.39, 0.29) is 22.4 Å². The van der Waals surface area contributed by atoms with E-state index in [4.69, 9.17) is 9.59 Å². The maximum atomic E-state index is 8.46. The summed E-state index contributed by atoms with van der Waals surface area (Å²) in [6, 6.07) is 0. The van der Waals surface area contributed by atoms with Crippen molar-refractivity contribution in [2.75, 3.05) is 0 Å². The molecule has 1 radical (unpaired) electrons. The number of hydrogen-bond acceptors (Lipinski definition) is 2. The minimum atomic E-state index is 0. The molecule has 0 aliphatic heterocycles. The van der Waals surface area contributed by atoms with Crippen LogP contribution in [0.25, 0.3) is 0 Å². The first-order chi connectivity index (χ1) is 5.24. The molecule has 0 aliphatic rings. The molecule has 0 saturated carbocycles. The molecule has 0 aromatic carbocycles. The Hall–Kier alpha value is -0.320.